The Morgan fingerprint density at radius 1 is 1.45 bits per heavy atom. The van der Waals surface area contributed by atoms with Crippen LogP contribution in [0, 0.1) is 11.3 Å². The first-order valence-corrected chi connectivity index (χ1v) is 4.11. The molecular weight excluding hydrogens is 138 g/mol. The smallest absolute Gasteiger partial charge is 0.0438 e. The molecule has 2 nitrogen and oxygen atoms in total. The Bertz CT molecular complexity index is 124. The average molecular weight is 157 g/mol. The van der Waals surface area contributed by atoms with E-state index in [1.807, 2.05) is 0 Å². The summed E-state index contributed by atoms with van der Waals surface area (Å²) in [5.74, 6) is 0.603. The maximum absolute atomic E-state index is 8.18. The molecule has 1 atom stereocenters. The van der Waals surface area contributed by atoms with Crippen LogP contribution in [0.2, 0.25) is 0 Å². The molecular formula is C9H19NO. The van der Waals surface area contributed by atoms with Crippen LogP contribution in [0.4, 0.5) is 0 Å². The van der Waals surface area contributed by atoms with Gasteiger partial charge in [0.25, 0.3) is 0 Å². The van der Waals surface area contributed by atoms with E-state index in [0.717, 1.165) is 6.42 Å². The standard InChI is InChI=1S/C9H19NO/c1-8(5-6-10-11)7-9(2,3)4/h6,8,11H,5,7H2,1-4H3/b10-6+. The second-order valence-corrected chi connectivity index (χ2v) is 4.40. The van der Waals surface area contributed by atoms with E-state index < -0.39 is 0 Å². The third-order valence-electron chi connectivity index (χ3n) is 1.55. The molecule has 0 aliphatic rings. The van der Waals surface area contributed by atoms with Crippen LogP contribution in [0.25, 0.3) is 0 Å². The molecule has 0 aliphatic heterocycles. The van der Waals surface area contributed by atoms with E-state index in [1.165, 1.54) is 6.42 Å². The summed E-state index contributed by atoms with van der Waals surface area (Å²) < 4.78 is 0. The fraction of sp³-hybridized carbons (Fsp3) is 0.889. The monoisotopic (exact) mass is 157 g/mol. The molecule has 0 aromatic heterocycles. The average Bonchev–Trinajstić information content (AvgIpc) is 1.79. The van der Waals surface area contributed by atoms with Gasteiger partial charge < -0.3 is 5.21 Å². The Hall–Kier alpha value is -0.530. The van der Waals surface area contributed by atoms with Gasteiger partial charge in [-0.1, -0.05) is 27.7 Å². The molecule has 0 bridgehead atoms. The van der Waals surface area contributed by atoms with E-state index in [4.69, 9.17) is 5.21 Å². The van der Waals surface area contributed by atoms with E-state index in [2.05, 4.69) is 32.9 Å². The maximum atomic E-state index is 8.18. The molecule has 0 fully saturated rings. The zero-order valence-corrected chi connectivity index (χ0v) is 7.96. The number of nitrogens with zero attached hydrogens (tertiary/aromatic N) is 1. The van der Waals surface area contributed by atoms with Crippen molar-refractivity contribution < 1.29 is 5.21 Å². The van der Waals surface area contributed by atoms with Crippen molar-refractivity contribution in [2.45, 2.75) is 40.5 Å². The van der Waals surface area contributed by atoms with Crippen molar-refractivity contribution in [1.29, 1.82) is 0 Å². The van der Waals surface area contributed by atoms with Gasteiger partial charge in [-0.05, 0) is 24.2 Å². The van der Waals surface area contributed by atoms with Crippen LogP contribution in [0.15, 0.2) is 5.16 Å². The molecule has 0 saturated carbocycles. The highest BCUT2D eigenvalue weighted by atomic mass is 16.4. The van der Waals surface area contributed by atoms with Gasteiger partial charge in [0.1, 0.15) is 0 Å². The van der Waals surface area contributed by atoms with Crippen LogP contribution < -0.4 is 0 Å². The minimum Gasteiger partial charge on any atom is -0.411 e. The molecule has 0 rings (SSSR count). The van der Waals surface area contributed by atoms with Crippen LogP contribution in [-0.4, -0.2) is 11.4 Å². The maximum Gasteiger partial charge on any atom is 0.0438 e. The van der Waals surface area contributed by atoms with E-state index >= 15 is 0 Å². The normalized spacial score (nSPS) is 15.6. The van der Waals surface area contributed by atoms with Gasteiger partial charge >= 0.3 is 0 Å². The number of hydrogen-bond acceptors (Lipinski definition) is 2. The van der Waals surface area contributed by atoms with Crippen molar-refractivity contribution in [2.75, 3.05) is 0 Å². The lowest BCUT2D eigenvalue weighted by atomic mass is 9.84. The highest BCUT2D eigenvalue weighted by Gasteiger charge is 2.13. The first-order chi connectivity index (χ1) is 4.95. The predicted molar refractivity (Wildman–Crippen MR) is 48.1 cm³/mol. The highest BCUT2D eigenvalue weighted by molar-refractivity contribution is 5.56. The van der Waals surface area contributed by atoms with Crippen LogP contribution in [0.1, 0.15) is 40.5 Å². The molecule has 0 heterocycles. The lowest BCUT2D eigenvalue weighted by Gasteiger charge is -2.21. The van der Waals surface area contributed by atoms with Crippen molar-refractivity contribution in [2.24, 2.45) is 16.5 Å². The lowest BCUT2D eigenvalue weighted by molar-refractivity contribution is 0.303. The van der Waals surface area contributed by atoms with Crippen LogP contribution in [0.3, 0.4) is 0 Å². The molecule has 66 valence electrons. The molecule has 0 aromatic carbocycles. The van der Waals surface area contributed by atoms with E-state index in [0.29, 0.717) is 11.3 Å². The largest absolute Gasteiger partial charge is 0.411 e. The zero-order valence-electron chi connectivity index (χ0n) is 7.96. The van der Waals surface area contributed by atoms with Gasteiger partial charge in [0.2, 0.25) is 0 Å². The van der Waals surface area contributed by atoms with Crippen molar-refractivity contribution in [3.63, 3.8) is 0 Å². The molecule has 0 spiro atoms. The van der Waals surface area contributed by atoms with Crippen LogP contribution in [0.5, 0.6) is 0 Å². The third-order valence-corrected chi connectivity index (χ3v) is 1.55. The van der Waals surface area contributed by atoms with Gasteiger partial charge in [0, 0.05) is 6.21 Å². The Morgan fingerprint density at radius 3 is 2.36 bits per heavy atom. The van der Waals surface area contributed by atoms with Crippen LogP contribution >= 0.6 is 0 Å². The molecule has 0 aromatic rings. The summed E-state index contributed by atoms with van der Waals surface area (Å²) in [4.78, 5) is 0. The number of rotatable bonds is 3. The summed E-state index contributed by atoms with van der Waals surface area (Å²) in [6.07, 6.45) is 3.60. The highest BCUT2D eigenvalue weighted by Crippen LogP contribution is 2.25. The van der Waals surface area contributed by atoms with Gasteiger partial charge in [0.05, 0.1) is 0 Å². The molecule has 1 unspecified atom stereocenters. The van der Waals surface area contributed by atoms with Crippen molar-refractivity contribution in [3.8, 4) is 0 Å². The summed E-state index contributed by atoms with van der Waals surface area (Å²) >= 11 is 0. The number of hydrogen-bond donors (Lipinski definition) is 1. The summed E-state index contributed by atoms with van der Waals surface area (Å²) in [5, 5.41) is 11.2. The Kier molecular flexibility index (Phi) is 4.16. The lowest BCUT2D eigenvalue weighted by Crippen LogP contribution is -2.11. The molecule has 11 heavy (non-hydrogen) atoms. The van der Waals surface area contributed by atoms with E-state index in [-0.39, 0.29) is 0 Å². The second kappa shape index (κ2) is 4.37. The fourth-order valence-electron chi connectivity index (χ4n) is 1.36. The minimum atomic E-state index is 0.378. The topological polar surface area (TPSA) is 32.6 Å². The molecule has 2 heteroatoms. The van der Waals surface area contributed by atoms with Gasteiger partial charge in [-0.15, -0.1) is 5.16 Å². The van der Waals surface area contributed by atoms with E-state index in [9.17, 15) is 0 Å². The van der Waals surface area contributed by atoms with Crippen molar-refractivity contribution in [1.82, 2.24) is 0 Å². The summed E-state index contributed by atoms with van der Waals surface area (Å²) in [6, 6.07) is 0. The zero-order chi connectivity index (χ0) is 8.91. The van der Waals surface area contributed by atoms with Crippen molar-refractivity contribution in [3.05, 3.63) is 0 Å². The Balaban J connectivity index is 3.60. The first-order valence-electron chi connectivity index (χ1n) is 4.11. The number of oxime groups is 1. The minimum absolute atomic E-state index is 0.378. The second-order valence-electron chi connectivity index (χ2n) is 4.40. The van der Waals surface area contributed by atoms with Gasteiger partial charge in [-0.3, -0.25) is 0 Å². The summed E-state index contributed by atoms with van der Waals surface area (Å²) in [5.41, 5.74) is 0.378. The Morgan fingerprint density at radius 2 is 2.00 bits per heavy atom. The van der Waals surface area contributed by atoms with Gasteiger partial charge in [0.15, 0.2) is 0 Å². The fourth-order valence-corrected chi connectivity index (χ4v) is 1.36. The SMILES string of the molecule is CC(C/C=N/O)CC(C)(C)C. The summed E-state index contributed by atoms with van der Waals surface area (Å²) in [6.45, 7) is 8.84. The third kappa shape index (κ3) is 7.37. The quantitative estimate of drug-likeness (QED) is 0.381. The van der Waals surface area contributed by atoms with Crippen molar-refractivity contribution >= 4 is 6.21 Å². The molecule has 0 aliphatic carbocycles. The molecule has 1 N–H and O–H groups in total. The van der Waals surface area contributed by atoms with E-state index in [1.54, 1.807) is 6.21 Å². The molecule has 0 saturated heterocycles. The summed E-state index contributed by atoms with van der Waals surface area (Å²) in [7, 11) is 0. The molecule has 0 amide bonds. The Labute approximate surface area is 69.3 Å². The first kappa shape index (κ1) is 10.5. The van der Waals surface area contributed by atoms with Crippen LogP contribution in [-0.2, 0) is 0 Å². The van der Waals surface area contributed by atoms with Gasteiger partial charge in [-0.25, -0.2) is 0 Å². The predicted octanol–water partition coefficient (Wildman–Crippen LogP) is 2.91. The van der Waals surface area contributed by atoms with Gasteiger partial charge in [-0.2, -0.15) is 0 Å². The molecule has 0 radical (unpaired) electrons.